The van der Waals surface area contributed by atoms with Crippen molar-refractivity contribution < 1.29 is 19.6 Å². The molecule has 1 atom stereocenters. The van der Waals surface area contributed by atoms with Crippen molar-refractivity contribution in [2.45, 2.75) is 29.2 Å². The molecular formula is C8H12Cl3NO5. The van der Waals surface area contributed by atoms with Crippen LogP contribution in [0.4, 0.5) is 0 Å². The van der Waals surface area contributed by atoms with Crippen LogP contribution in [0.25, 0.3) is 0 Å². The smallest absolute Gasteiger partial charge is 0.303 e. The van der Waals surface area contributed by atoms with Gasteiger partial charge < -0.3 is 9.84 Å². The summed E-state index contributed by atoms with van der Waals surface area (Å²) in [6.45, 7) is -0.505. The Morgan fingerprint density at radius 3 is 2.41 bits per heavy atom. The van der Waals surface area contributed by atoms with Crippen LogP contribution < -0.4 is 0 Å². The molecule has 1 N–H and O–H groups in total. The lowest BCUT2D eigenvalue weighted by molar-refractivity contribution is -0.491. The Balaban J connectivity index is 3.93. The molecule has 0 aromatic carbocycles. The van der Waals surface area contributed by atoms with E-state index in [1.807, 2.05) is 0 Å². The van der Waals surface area contributed by atoms with Gasteiger partial charge in [-0.3, -0.25) is 14.9 Å². The molecule has 6 nitrogen and oxygen atoms in total. The molecule has 17 heavy (non-hydrogen) atoms. The van der Waals surface area contributed by atoms with E-state index in [0.29, 0.717) is 12.8 Å². The van der Waals surface area contributed by atoms with Gasteiger partial charge in [-0.15, -0.1) is 0 Å². The number of rotatable bonds is 8. The van der Waals surface area contributed by atoms with Crippen LogP contribution in [0.1, 0.15) is 19.3 Å². The summed E-state index contributed by atoms with van der Waals surface area (Å²) in [5.74, 6) is -0.909. The van der Waals surface area contributed by atoms with Crippen molar-refractivity contribution >= 4 is 40.8 Å². The van der Waals surface area contributed by atoms with E-state index >= 15 is 0 Å². The number of carboxylic acid groups (broad SMARTS) is 1. The highest BCUT2D eigenvalue weighted by molar-refractivity contribution is 6.68. The fraction of sp³-hybridized carbons (Fsp3) is 0.875. The van der Waals surface area contributed by atoms with Crippen LogP contribution in [-0.2, 0) is 9.53 Å². The molecule has 0 aliphatic heterocycles. The maximum absolute atomic E-state index is 10.3. The molecule has 0 aliphatic rings. The number of nitrogens with zero attached hydrogens (tertiary/aromatic N) is 1. The largest absolute Gasteiger partial charge is 0.481 e. The van der Waals surface area contributed by atoms with E-state index in [1.165, 1.54) is 0 Å². The molecule has 0 rings (SSSR count). The van der Waals surface area contributed by atoms with E-state index in [0.717, 1.165) is 0 Å². The molecule has 0 aromatic heterocycles. The Kier molecular flexibility index (Phi) is 7.78. The molecule has 100 valence electrons. The summed E-state index contributed by atoms with van der Waals surface area (Å²) in [6, 6.07) is 0. The van der Waals surface area contributed by atoms with E-state index in [4.69, 9.17) is 44.6 Å². The van der Waals surface area contributed by atoms with Gasteiger partial charge in [-0.25, -0.2) is 0 Å². The fourth-order valence-electron chi connectivity index (χ4n) is 0.990. The minimum absolute atomic E-state index is 0.0109. The van der Waals surface area contributed by atoms with Crippen molar-refractivity contribution in [1.29, 1.82) is 0 Å². The number of carboxylic acids is 1. The highest BCUT2D eigenvalue weighted by Crippen LogP contribution is 2.32. The van der Waals surface area contributed by atoms with Gasteiger partial charge in [0.05, 0.1) is 0 Å². The van der Waals surface area contributed by atoms with E-state index in [2.05, 4.69) is 0 Å². The number of hydrogen-bond acceptors (Lipinski definition) is 4. The highest BCUT2D eigenvalue weighted by Gasteiger charge is 2.37. The lowest BCUT2D eigenvalue weighted by atomic mass is 10.2. The second-order valence-corrected chi connectivity index (χ2v) is 5.64. The third-order valence-electron chi connectivity index (χ3n) is 1.78. The van der Waals surface area contributed by atoms with Gasteiger partial charge in [0.2, 0.25) is 10.3 Å². The summed E-state index contributed by atoms with van der Waals surface area (Å²) >= 11 is 16.5. The molecule has 0 aliphatic carbocycles. The molecule has 0 saturated carbocycles. The highest BCUT2D eigenvalue weighted by atomic mass is 35.6. The van der Waals surface area contributed by atoms with Crippen LogP contribution in [0.3, 0.4) is 0 Å². The van der Waals surface area contributed by atoms with Crippen LogP contribution in [-0.4, -0.2) is 39.0 Å². The number of hydrogen-bond donors (Lipinski definition) is 1. The monoisotopic (exact) mass is 307 g/mol. The SMILES string of the molecule is O=C(O)CCCCO[C@H](C[N+](=O)[O-])C(Cl)(Cl)Cl. The van der Waals surface area contributed by atoms with Crippen molar-refractivity contribution in [3.63, 3.8) is 0 Å². The lowest BCUT2D eigenvalue weighted by Crippen LogP contribution is -2.35. The molecule has 0 radical (unpaired) electrons. The summed E-state index contributed by atoms with van der Waals surface area (Å²) in [5, 5.41) is 18.7. The number of unbranched alkanes of at least 4 members (excludes halogenated alkanes) is 1. The molecule has 0 heterocycles. The first-order valence-electron chi connectivity index (χ1n) is 4.75. The zero-order valence-corrected chi connectivity index (χ0v) is 11.0. The van der Waals surface area contributed by atoms with Gasteiger partial charge in [0.15, 0.2) is 6.10 Å². The zero-order valence-electron chi connectivity index (χ0n) is 8.77. The van der Waals surface area contributed by atoms with Crippen molar-refractivity contribution in [1.82, 2.24) is 0 Å². The summed E-state index contributed by atoms with van der Waals surface area (Å²) in [6.07, 6.45) is -0.300. The predicted molar refractivity (Wildman–Crippen MR) is 63.4 cm³/mol. The van der Waals surface area contributed by atoms with Crippen molar-refractivity contribution in [2.75, 3.05) is 13.2 Å². The van der Waals surface area contributed by atoms with Crippen LogP contribution in [0.5, 0.6) is 0 Å². The first kappa shape index (κ1) is 16.7. The van der Waals surface area contributed by atoms with Gasteiger partial charge in [-0.05, 0) is 12.8 Å². The summed E-state index contributed by atoms with van der Waals surface area (Å²) in [5.41, 5.74) is 0. The number of nitro groups is 1. The summed E-state index contributed by atoms with van der Waals surface area (Å²) in [7, 11) is 0. The van der Waals surface area contributed by atoms with Crippen LogP contribution in [0.15, 0.2) is 0 Å². The van der Waals surface area contributed by atoms with E-state index in [-0.39, 0.29) is 13.0 Å². The first-order valence-corrected chi connectivity index (χ1v) is 5.88. The second kappa shape index (κ2) is 7.92. The Hall–Kier alpha value is -0.300. The molecule has 0 saturated heterocycles. The molecule has 0 amide bonds. The summed E-state index contributed by atoms with van der Waals surface area (Å²) in [4.78, 5) is 19.9. The number of halogens is 3. The fourth-order valence-corrected chi connectivity index (χ4v) is 1.39. The van der Waals surface area contributed by atoms with Crippen molar-refractivity contribution in [2.24, 2.45) is 0 Å². The average molecular weight is 309 g/mol. The van der Waals surface area contributed by atoms with Gasteiger partial charge in [0.1, 0.15) is 0 Å². The molecular weight excluding hydrogens is 296 g/mol. The number of alkyl halides is 3. The Labute approximate surface area is 113 Å². The topological polar surface area (TPSA) is 89.7 Å². The van der Waals surface area contributed by atoms with E-state index < -0.39 is 27.3 Å². The van der Waals surface area contributed by atoms with Crippen molar-refractivity contribution in [3.8, 4) is 0 Å². The molecule has 0 spiro atoms. The lowest BCUT2D eigenvalue weighted by Gasteiger charge is -2.21. The van der Waals surface area contributed by atoms with Crippen LogP contribution in [0.2, 0.25) is 0 Å². The zero-order chi connectivity index (χ0) is 13.5. The molecule has 0 fully saturated rings. The molecule has 0 unspecified atom stereocenters. The Morgan fingerprint density at radius 1 is 1.41 bits per heavy atom. The van der Waals surface area contributed by atoms with Gasteiger partial charge in [-0.2, -0.15) is 0 Å². The first-order chi connectivity index (χ1) is 7.73. The minimum Gasteiger partial charge on any atom is -0.481 e. The van der Waals surface area contributed by atoms with E-state index in [9.17, 15) is 14.9 Å². The standard InChI is InChI=1S/C8H12Cl3NO5/c9-8(10,11)6(5-12(15)16)17-4-2-1-3-7(13)14/h6H,1-5H2,(H,13,14)/t6-/m1/s1. The third kappa shape index (κ3) is 9.41. The number of carbonyl (C=O) groups is 1. The van der Waals surface area contributed by atoms with Gasteiger partial charge >= 0.3 is 5.97 Å². The van der Waals surface area contributed by atoms with Crippen LogP contribution in [0, 0.1) is 10.1 Å². The predicted octanol–water partition coefficient (Wildman–Crippen LogP) is 2.27. The van der Waals surface area contributed by atoms with Gasteiger partial charge in [-0.1, -0.05) is 34.8 Å². The van der Waals surface area contributed by atoms with Gasteiger partial charge in [0.25, 0.3) is 0 Å². The Bertz CT molecular complexity index is 268. The number of aliphatic carboxylic acids is 1. The molecule has 0 aromatic rings. The maximum Gasteiger partial charge on any atom is 0.303 e. The van der Waals surface area contributed by atoms with E-state index in [1.54, 1.807) is 0 Å². The van der Waals surface area contributed by atoms with Crippen LogP contribution >= 0.6 is 34.8 Å². The molecule has 9 heteroatoms. The second-order valence-electron chi connectivity index (χ2n) is 3.27. The minimum atomic E-state index is -1.88. The van der Waals surface area contributed by atoms with Gasteiger partial charge in [0, 0.05) is 18.0 Å². The Morgan fingerprint density at radius 2 is 2.00 bits per heavy atom. The molecule has 0 bridgehead atoms. The third-order valence-corrected chi connectivity index (χ3v) is 2.51. The normalized spacial score (nSPS) is 13.4. The maximum atomic E-state index is 10.3. The quantitative estimate of drug-likeness (QED) is 0.321. The summed E-state index contributed by atoms with van der Waals surface area (Å²) < 4.78 is 3.19. The average Bonchev–Trinajstić information content (AvgIpc) is 2.12. The van der Waals surface area contributed by atoms with Crippen molar-refractivity contribution in [3.05, 3.63) is 10.1 Å². The number of ether oxygens (including phenoxy) is 1.